The first-order valence-electron chi connectivity index (χ1n) is 6.07. The highest BCUT2D eigenvalue weighted by molar-refractivity contribution is 6.17. The Labute approximate surface area is 121 Å². The Hall–Kier alpha value is -0.980. The number of nitrogens with one attached hydrogen (secondary N) is 1. The SMILES string of the molecule is COCC(CCCl)NCc1ccc(OC(F)(F)F)cc1. The molecule has 7 heteroatoms. The number of methoxy groups -OCH3 is 1. The minimum Gasteiger partial charge on any atom is -0.406 e. The Kier molecular flexibility index (Phi) is 7.12. The highest BCUT2D eigenvalue weighted by Crippen LogP contribution is 2.22. The van der Waals surface area contributed by atoms with Crippen LogP contribution in [0.25, 0.3) is 0 Å². The molecule has 0 fully saturated rings. The van der Waals surface area contributed by atoms with Crippen LogP contribution in [0.5, 0.6) is 5.75 Å². The smallest absolute Gasteiger partial charge is 0.406 e. The lowest BCUT2D eigenvalue weighted by Crippen LogP contribution is -2.33. The van der Waals surface area contributed by atoms with Gasteiger partial charge in [-0.1, -0.05) is 12.1 Å². The molecule has 0 bridgehead atoms. The average molecular weight is 312 g/mol. The largest absolute Gasteiger partial charge is 0.573 e. The molecular weight excluding hydrogens is 295 g/mol. The summed E-state index contributed by atoms with van der Waals surface area (Å²) in [4.78, 5) is 0. The molecule has 1 unspecified atom stereocenters. The molecule has 114 valence electrons. The fourth-order valence-electron chi connectivity index (χ4n) is 1.65. The van der Waals surface area contributed by atoms with Crippen LogP contribution in [0.15, 0.2) is 24.3 Å². The Morgan fingerprint density at radius 3 is 2.40 bits per heavy atom. The Balaban J connectivity index is 2.48. The van der Waals surface area contributed by atoms with Gasteiger partial charge in [-0.2, -0.15) is 0 Å². The number of ether oxygens (including phenoxy) is 2. The van der Waals surface area contributed by atoms with Crippen molar-refractivity contribution >= 4 is 11.6 Å². The van der Waals surface area contributed by atoms with E-state index in [4.69, 9.17) is 16.3 Å². The predicted octanol–water partition coefficient (Wildman–Crippen LogP) is 3.32. The minimum atomic E-state index is -4.66. The number of hydrogen-bond acceptors (Lipinski definition) is 3. The Morgan fingerprint density at radius 2 is 1.90 bits per heavy atom. The van der Waals surface area contributed by atoms with Crippen molar-refractivity contribution in [3.05, 3.63) is 29.8 Å². The number of alkyl halides is 4. The van der Waals surface area contributed by atoms with E-state index in [1.165, 1.54) is 12.1 Å². The van der Waals surface area contributed by atoms with Crippen molar-refractivity contribution < 1.29 is 22.6 Å². The van der Waals surface area contributed by atoms with Gasteiger partial charge in [0.25, 0.3) is 0 Å². The molecule has 0 amide bonds. The minimum absolute atomic E-state index is 0.114. The number of hydrogen-bond donors (Lipinski definition) is 1. The highest BCUT2D eigenvalue weighted by atomic mass is 35.5. The van der Waals surface area contributed by atoms with E-state index in [9.17, 15) is 13.2 Å². The van der Waals surface area contributed by atoms with Crippen LogP contribution < -0.4 is 10.1 Å². The van der Waals surface area contributed by atoms with Crippen LogP contribution in [0.4, 0.5) is 13.2 Å². The van der Waals surface area contributed by atoms with Gasteiger partial charge in [0.2, 0.25) is 0 Å². The quantitative estimate of drug-likeness (QED) is 0.747. The molecule has 0 radical (unpaired) electrons. The second-order valence-corrected chi connectivity index (χ2v) is 4.58. The molecule has 0 aliphatic rings. The fraction of sp³-hybridized carbons (Fsp3) is 0.538. The van der Waals surface area contributed by atoms with E-state index in [1.54, 1.807) is 19.2 Å². The first kappa shape index (κ1) is 17.1. The van der Waals surface area contributed by atoms with Crippen molar-refractivity contribution in [3.8, 4) is 5.75 Å². The molecule has 1 N–H and O–H groups in total. The second kappa shape index (κ2) is 8.34. The average Bonchev–Trinajstić information content (AvgIpc) is 2.36. The van der Waals surface area contributed by atoms with E-state index in [1.807, 2.05) is 0 Å². The molecule has 0 aromatic heterocycles. The van der Waals surface area contributed by atoms with Crippen LogP contribution in [-0.4, -0.2) is 32.0 Å². The zero-order valence-electron chi connectivity index (χ0n) is 11.0. The van der Waals surface area contributed by atoms with Gasteiger partial charge in [-0.15, -0.1) is 24.8 Å². The molecule has 3 nitrogen and oxygen atoms in total. The number of rotatable bonds is 8. The third kappa shape index (κ3) is 6.98. The molecule has 0 aliphatic heterocycles. The van der Waals surface area contributed by atoms with E-state index in [0.29, 0.717) is 19.0 Å². The maximum Gasteiger partial charge on any atom is 0.573 e. The van der Waals surface area contributed by atoms with Gasteiger partial charge >= 0.3 is 6.36 Å². The lowest BCUT2D eigenvalue weighted by molar-refractivity contribution is -0.274. The molecule has 1 atom stereocenters. The zero-order chi connectivity index (χ0) is 15.0. The first-order chi connectivity index (χ1) is 9.44. The van der Waals surface area contributed by atoms with E-state index in [0.717, 1.165) is 12.0 Å². The summed E-state index contributed by atoms with van der Waals surface area (Å²) in [5, 5.41) is 3.23. The van der Waals surface area contributed by atoms with Gasteiger partial charge in [-0.25, -0.2) is 0 Å². The van der Waals surface area contributed by atoms with Gasteiger partial charge in [-0.3, -0.25) is 0 Å². The van der Waals surface area contributed by atoms with Crippen molar-refractivity contribution in [1.82, 2.24) is 5.32 Å². The fourth-order valence-corrected chi connectivity index (χ4v) is 1.91. The summed E-state index contributed by atoms with van der Waals surface area (Å²) in [5.74, 6) is 0.287. The van der Waals surface area contributed by atoms with Crippen molar-refractivity contribution in [2.75, 3.05) is 19.6 Å². The molecular formula is C13H17ClF3NO2. The van der Waals surface area contributed by atoms with E-state index < -0.39 is 6.36 Å². The molecule has 0 saturated carbocycles. The monoisotopic (exact) mass is 311 g/mol. The molecule has 1 rings (SSSR count). The predicted molar refractivity (Wildman–Crippen MR) is 71.0 cm³/mol. The van der Waals surface area contributed by atoms with Crippen molar-refractivity contribution in [2.24, 2.45) is 0 Å². The van der Waals surface area contributed by atoms with Crippen LogP contribution >= 0.6 is 11.6 Å². The van der Waals surface area contributed by atoms with Crippen LogP contribution in [-0.2, 0) is 11.3 Å². The van der Waals surface area contributed by atoms with Crippen molar-refractivity contribution in [2.45, 2.75) is 25.4 Å². The second-order valence-electron chi connectivity index (χ2n) is 4.20. The van der Waals surface area contributed by atoms with Gasteiger partial charge in [0, 0.05) is 25.6 Å². The van der Waals surface area contributed by atoms with Crippen LogP contribution in [0.2, 0.25) is 0 Å². The Bertz CT molecular complexity index is 378. The molecule has 0 heterocycles. The normalized spacial score (nSPS) is 13.2. The number of halogens is 4. The van der Waals surface area contributed by atoms with Crippen molar-refractivity contribution in [1.29, 1.82) is 0 Å². The van der Waals surface area contributed by atoms with E-state index in [-0.39, 0.29) is 11.8 Å². The molecule has 20 heavy (non-hydrogen) atoms. The van der Waals surface area contributed by atoms with E-state index >= 15 is 0 Å². The lowest BCUT2D eigenvalue weighted by Gasteiger charge is -2.17. The van der Waals surface area contributed by atoms with Gasteiger partial charge in [0.15, 0.2) is 0 Å². The summed E-state index contributed by atoms with van der Waals surface area (Å²) >= 11 is 5.68. The third-order valence-electron chi connectivity index (χ3n) is 2.58. The summed E-state index contributed by atoms with van der Waals surface area (Å²) in [7, 11) is 1.60. The van der Waals surface area contributed by atoms with Crippen LogP contribution in [0.3, 0.4) is 0 Å². The molecule has 0 spiro atoms. The van der Waals surface area contributed by atoms with Gasteiger partial charge in [0.1, 0.15) is 5.75 Å². The summed E-state index contributed by atoms with van der Waals surface area (Å²) in [6, 6.07) is 5.86. The van der Waals surface area contributed by atoms with E-state index in [2.05, 4.69) is 10.1 Å². The van der Waals surface area contributed by atoms with Gasteiger partial charge in [0.05, 0.1) is 6.61 Å². The number of benzene rings is 1. The third-order valence-corrected chi connectivity index (χ3v) is 2.80. The van der Waals surface area contributed by atoms with Crippen LogP contribution in [0.1, 0.15) is 12.0 Å². The molecule has 1 aromatic carbocycles. The molecule has 0 aliphatic carbocycles. The summed E-state index contributed by atoms with van der Waals surface area (Å²) < 4.78 is 44.9. The lowest BCUT2D eigenvalue weighted by atomic mass is 10.2. The topological polar surface area (TPSA) is 30.5 Å². The Morgan fingerprint density at radius 1 is 1.25 bits per heavy atom. The maximum atomic E-state index is 12.0. The highest BCUT2D eigenvalue weighted by Gasteiger charge is 2.30. The summed E-state index contributed by atoms with van der Waals surface area (Å²) in [6.07, 6.45) is -3.91. The van der Waals surface area contributed by atoms with Gasteiger partial charge in [-0.05, 0) is 24.1 Å². The standard InChI is InChI=1S/C13H17ClF3NO2/c1-19-9-11(6-7-14)18-8-10-2-4-12(5-3-10)20-13(15,16)17/h2-5,11,18H,6-9H2,1H3. The first-order valence-corrected chi connectivity index (χ1v) is 6.61. The molecule has 1 aromatic rings. The van der Waals surface area contributed by atoms with Gasteiger partial charge < -0.3 is 14.8 Å². The maximum absolute atomic E-state index is 12.0. The summed E-state index contributed by atoms with van der Waals surface area (Å²) in [6.45, 7) is 1.05. The molecule has 0 saturated heterocycles. The zero-order valence-corrected chi connectivity index (χ0v) is 11.8. The van der Waals surface area contributed by atoms with Crippen molar-refractivity contribution in [3.63, 3.8) is 0 Å². The van der Waals surface area contributed by atoms with Crippen LogP contribution in [0, 0.1) is 0 Å². The summed E-state index contributed by atoms with van der Waals surface area (Å²) in [5.41, 5.74) is 0.857.